The minimum atomic E-state index is -3.91. The van der Waals surface area contributed by atoms with Crippen LogP contribution in [0.25, 0.3) is 11.0 Å². The van der Waals surface area contributed by atoms with Crippen LogP contribution in [-0.2, 0) is 10.0 Å². The van der Waals surface area contributed by atoms with Gasteiger partial charge in [0.2, 0.25) is 0 Å². The molecule has 4 rings (SSSR count). The van der Waals surface area contributed by atoms with Gasteiger partial charge in [-0.1, -0.05) is 41.8 Å². The molecule has 0 spiro atoms. The van der Waals surface area contributed by atoms with Gasteiger partial charge in [0.15, 0.2) is 5.65 Å². The normalized spacial score (nSPS) is 11.2. The van der Waals surface area contributed by atoms with E-state index in [0.717, 1.165) is 3.97 Å². The molecule has 0 fully saturated rings. The number of anilines is 1. The van der Waals surface area contributed by atoms with Crippen LogP contribution in [0.4, 0.5) is 5.69 Å². The summed E-state index contributed by atoms with van der Waals surface area (Å²) >= 11 is 6.26. The van der Waals surface area contributed by atoms with Gasteiger partial charge in [-0.25, -0.2) is 17.4 Å². The van der Waals surface area contributed by atoms with Crippen molar-refractivity contribution >= 4 is 38.3 Å². The standard InChI is InChI=1S/C21H14ClN3O2S/c22-20-11-12-24-21-19(20)14-17(10-9-15-5-4-6-16(23)13-15)25(21)28(26,27)18-7-2-1-3-8-18/h1-8,11-14H,23H2. The Morgan fingerprint density at radius 1 is 0.964 bits per heavy atom. The zero-order chi connectivity index (χ0) is 19.7. The molecule has 0 amide bonds. The molecule has 7 heteroatoms. The van der Waals surface area contributed by atoms with Crippen molar-refractivity contribution in [2.24, 2.45) is 0 Å². The molecule has 0 aliphatic carbocycles. The van der Waals surface area contributed by atoms with Gasteiger partial charge in [0, 0.05) is 22.8 Å². The number of hydrogen-bond donors (Lipinski definition) is 1. The van der Waals surface area contributed by atoms with Crippen LogP contribution in [0.15, 0.2) is 77.8 Å². The third kappa shape index (κ3) is 3.22. The molecule has 0 aliphatic rings. The molecule has 2 aromatic carbocycles. The van der Waals surface area contributed by atoms with Gasteiger partial charge in [0.05, 0.1) is 9.92 Å². The number of nitrogen functional groups attached to an aromatic ring is 1. The Morgan fingerprint density at radius 2 is 1.75 bits per heavy atom. The lowest BCUT2D eigenvalue weighted by Gasteiger charge is -2.08. The monoisotopic (exact) mass is 407 g/mol. The van der Waals surface area contributed by atoms with Crippen LogP contribution in [0.2, 0.25) is 5.02 Å². The van der Waals surface area contributed by atoms with Crippen molar-refractivity contribution in [3.63, 3.8) is 0 Å². The lowest BCUT2D eigenvalue weighted by atomic mass is 10.2. The molecule has 28 heavy (non-hydrogen) atoms. The van der Waals surface area contributed by atoms with E-state index in [1.807, 2.05) is 0 Å². The molecule has 0 saturated heterocycles. The smallest absolute Gasteiger partial charge is 0.270 e. The molecular weight excluding hydrogens is 394 g/mol. The third-order valence-electron chi connectivity index (χ3n) is 4.11. The summed E-state index contributed by atoms with van der Waals surface area (Å²) in [5.74, 6) is 5.89. The maximum Gasteiger partial charge on any atom is 0.270 e. The summed E-state index contributed by atoms with van der Waals surface area (Å²) in [4.78, 5) is 4.38. The van der Waals surface area contributed by atoms with E-state index in [2.05, 4.69) is 16.8 Å². The number of fused-ring (bicyclic) bond motifs is 1. The summed E-state index contributed by atoms with van der Waals surface area (Å²) in [6.07, 6.45) is 1.47. The number of rotatable bonds is 2. The molecule has 138 valence electrons. The predicted molar refractivity (Wildman–Crippen MR) is 111 cm³/mol. The molecule has 0 atom stereocenters. The van der Waals surface area contributed by atoms with Gasteiger partial charge < -0.3 is 5.73 Å². The molecule has 0 unspecified atom stereocenters. The molecule has 2 aromatic heterocycles. The molecular formula is C21H14ClN3O2S. The van der Waals surface area contributed by atoms with E-state index in [-0.39, 0.29) is 16.2 Å². The quantitative estimate of drug-likeness (QED) is 0.403. The molecule has 2 N–H and O–H groups in total. The highest BCUT2D eigenvalue weighted by Gasteiger charge is 2.24. The summed E-state index contributed by atoms with van der Waals surface area (Å²) in [5, 5.41) is 0.916. The summed E-state index contributed by atoms with van der Waals surface area (Å²) < 4.78 is 27.7. The van der Waals surface area contributed by atoms with Gasteiger partial charge in [0.25, 0.3) is 10.0 Å². The molecule has 0 saturated carbocycles. The van der Waals surface area contributed by atoms with E-state index in [0.29, 0.717) is 21.7 Å². The third-order valence-corrected chi connectivity index (χ3v) is 6.16. The summed E-state index contributed by atoms with van der Waals surface area (Å²) in [5.41, 5.74) is 7.53. The van der Waals surface area contributed by atoms with Crippen molar-refractivity contribution in [2.75, 3.05) is 5.73 Å². The van der Waals surface area contributed by atoms with Gasteiger partial charge in [-0.3, -0.25) is 0 Å². The lowest BCUT2D eigenvalue weighted by molar-refractivity contribution is 0.588. The summed E-state index contributed by atoms with van der Waals surface area (Å²) in [7, 11) is -3.91. The van der Waals surface area contributed by atoms with E-state index in [9.17, 15) is 8.42 Å². The maximum absolute atomic E-state index is 13.3. The van der Waals surface area contributed by atoms with Crippen LogP contribution in [0.1, 0.15) is 11.3 Å². The highest BCUT2D eigenvalue weighted by atomic mass is 35.5. The van der Waals surface area contributed by atoms with E-state index in [4.69, 9.17) is 17.3 Å². The Balaban J connectivity index is 1.98. The van der Waals surface area contributed by atoms with Crippen molar-refractivity contribution in [1.82, 2.24) is 8.96 Å². The van der Waals surface area contributed by atoms with E-state index in [1.165, 1.54) is 18.3 Å². The minimum absolute atomic E-state index is 0.140. The fourth-order valence-corrected chi connectivity index (χ4v) is 4.46. The molecule has 4 aromatic rings. The van der Waals surface area contributed by atoms with Gasteiger partial charge in [-0.05, 0) is 48.4 Å². The van der Waals surface area contributed by atoms with Gasteiger partial charge >= 0.3 is 0 Å². The van der Waals surface area contributed by atoms with Crippen molar-refractivity contribution in [3.8, 4) is 11.8 Å². The largest absolute Gasteiger partial charge is 0.399 e. The van der Waals surface area contributed by atoms with Crippen LogP contribution in [0, 0.1) is 11.8 Å². The first-order chi connectivity index (χ1) is 13.5. The van der Waals surface area contributed by atoms with Crippen molar-refractivity contribution in [3.05, 3.63) is 89.2 Å². The van der Waals surface area contributed by atoms with Crippen molar-refractivity contribution in [2.45, 2.75) is 4.90 Å². The van der Waals surface area contributed by atoms with E-state index >= 15 is 0 Å². The Hall–Kier alpha value is -3.27. The Labute approximate surface area is 167 Å². The van der Waals surface area contributed by atoms with Crippen LogP contribution >= 0.6 is 11.6 Å². The van der Waals surface area contributed by atoms with Crippen LogP contribution in [0.5, 0.6) is 0 Å². The molecule has 0 aliphatic heterocycles. The summed E-state index contributed by atoms with van der Waals surface area (Å²) in [6, 6.07) is 18.4. The highest BCUT2D eigenvalue weighted by molar-refractivity contribution is 7.90. The molecule has 0 radical (unpaired) electrons. The van der Waals surface area contributed by atoms with Gasteiger partial charge in [-0.2, -0.15) is 0 Å². The minimum Gasteiger partial charge on any atom is -0.399 e. The van der Waals surface area contributed by atoms with Crippen LogP contribution in [-0.4, -0.2) is 17.4 Å². The van der Waals surface area contributed by atoms with Gasteiger partial charge in [-0.15, -0.1) is 0 Å². The number of hydrogen-bond acceptors (Lipinski definition) is 4. The molecule has 2 heterocycles. The lowest BCUT2D eigenvalue weighted by Crippen LogP contribution is -2.15. The number of halogens is 1. The fraction of sp³-hybridized carbons (Fsp3) is 0. The van der Waals surface area contributed by atoms with Gasteiger partial charge in [0.1, 0.15) is 5.69 Å². The zero-order valence-corrected chi connectivity index (χ0v) is 16.1. The predicted octanol–water partition coefficient (Wildman–Crippen LogP) is 3.91. The Morgan fingerprint density at radius 3 is 2.50 bits per heavy atom. The number of nitrogens with zero attached hydrogens (tertiary/aromatic N) is 2. The first-order valence-corrected chi connectivity index (χ1v) is 10.1. The van der Waals surface area contributed by atoms with Crippen molar-refractivity contribution < 1.29 is 8.42 Å². The van der Waals surface area contributed by atoms with Crippen LogP contribution in [0.3, 0.4) is 0 Å². The van der Waals surface area contributed by atoms with E-state index < -0.39 is 10.0 Å². The average Bonchev–Trinajstić information content (AvgIpc) is 3.08. The van der Waals surface area contributed by atoms with Crippen LogP contribution < -0.4 is 5.73 Å². The number of benzene rings is 2. The zero-order valence-electron chi connectivity index (χ0n) is 14.5. The molecule has 0 bridgehead atoms. The SMILES string of the molecule is Nc1cccc(C#Cc2cc3c(Cl)ccnc3n2S(=O)(=O)c2ccccc2)c1. The Bertz CT molecular complexity index is 1350. The van der Waals surface area contributed by atoms with Crippen molar-refractivity contribution in [1.29, 1.82) is 0 Å². The molecule has 5 nitrogen and oxygen atoms in total. The topological polar surface area (TPSA) is 78.0 Å². The highest BCUT2D eigenvalue weighted by Crippen LogP contribution is 2.28. The first kappa shape index (κ1) is 18.1. The summed E-state index contributed by atoms with van der Waals surface area (Å²) in [6.45, 7) is 0. The second kappa shape index (κ2) is 7.04. The second-order valence-electron chi connectivity index (χ2n) is 6.02. The number of nitrogens with two attached hydrogens (primary N) is 1. The number of pyridine rings is 1. The van der Waals surface area contributed by atoms with E-state index in [1.54, 1.807) is 54.6 Å². The maximum atomic E-state index is 13.3. The Kier molecular flexibility index (Phi) is 4.55. The second-order valence-corrected chi connectivity index (χ2v) is 8.21. The average molecular weight is 408 g/mol. The fourth-order valence-electron chi connectivity index (χ4n) is 2.82. The first-order valence-electron chi connectivity index (χ1n) is 8.31. The number of aromatic nitrogens is 2.